The summed E-state index contributed by atoms with van der Waals surface area (Å²) in [7, 11) is 1.68. The molecule has 1 fully saturated rings. The molecule has 0 heterocycles. The quantitative estimate of drug-likeness (QED) is 0.739. The van der Waals surface area contributed by atoms with E-state index in [1.54, 1.807) is 7.11 Å². The van der Waals surface area contributed by atoms with Crippen LogP contribution in [0.3, 0.4) is 0 Å². The van der Waals surface area contributed by atoms with Crippen molar-refractivity contribution < 1.29 is 9.53 Å². The van der Waals surface area contributed by atoms with E-state index in [2.05, 4.69) is 28.2 Å². The molecule has 0 saturated heterocycles. The Morgan fingerprint density at radius 1 is 1.71 bits per heavy atom. The Labute approximate surface area is 93.7 Å². The van der Waals surface area contributed by atoms with Gasteiger partial charge in [0.2, 0.25) is 5.91 Å². The van der Waals surface area contributed by atoms with E-state index in [1.807, 2.05) is 0 Å². The lowest BCUT2D eigenvalue weighted by Crippen LogP contribution is -2.28. The average molecular weight is 264 g/mol. The highest BCUT2D eigenvalue weighted by atomic mass is 79.9. The summed E-state index contributed by atoms with van der Waals surface area (Å²) in [5, 5.41) is 2.94. The minimum absolute atomic E-state index is 0.217. The molecule has 3 atom stereocenters. The maximum Gasteiger partial charge on any atom is 0.223 e. The van der Waals surface area contributed by atoms with Crippen molar-refractivity contribution in [1.82, 2.24) is 5.32 Å². The van der Waals surface area contributed by atoms with E-state index >= 15 is 0 Å². The fraction of sp³-hybridized carbons (Fsp3) is 0.900. The number of halogens is 1. The molecule has 0 aromatic heterocycles. The molecular formula is C10H18BrNO2. The predicted octanol–water partition coefficient (Wildman–Crippen LogP) is 1.56. The van der Waals surface area contributed by atoms with Crippen LogP contribution in [0.1, 0.15) is 19.8 Å². The molecule has 1 amide bonds. The molecule has 1 rings (SSSR count). The van der Waals surface area contributed by atoms with Gasteiger partial charge in [0, 0.05) is 24.4 Å². The summed E-state index contributed by atoms with van der Waals surface area (Å²) in [5.74, 6) is 1.09. The Kier molecular flexibility index (Phi) is 4.89. The number of alkyl halides is 1. The Hall–Kier alpha value is -0.0900. The lowest BCUT2D eigenvalue weighted by molar-refractivity contribution is -0.122. The van der Waals surface area contributed by atoms with Gasteiger partial charge < -0.3 is 10.1 Å². The van der Waals surface area contributed by atoms with Crippen molar-refractivity contribution in [1.29, 1.82) is 0 Å². The summed E-state index contributed by atoms with van der Waals surface area (Å²) in [6.07, 6.45) is 1.97. The Bertz CT molecular complexity index is 199. The Balaban J connectivity index is 2.00. The molecular weight excluding hydrogens is 246 g/mol. The van der Waals surface area contributed by atoms with Crippen LogP contribution < -0.4 is 5.32 Å². The summed E-state index contributed by atoms with van der Waals surface area (Å²) in [6, 6.07) is 0. The average Bonchev–Trinajstić information content (AvgIpc) is 2.83. The second-order valence-corrected chi connectivity index (χ2v) is 5.25. The van der Waals surface area contributed by atoms with E-state index < -0.39 is 0 Å². The van der Waals surface area contributed by atoms with Gasteiger partial charge in [0.15, 0.2) is 0 Å². The molecule has 0 aliphatic heterocycles. The van der Waals surface area contributed by atoms with Crippen LogP contribution in [0.15, 0.2) is 0 Å². The third-order valence-electron chi connectivity index (χ3n) is 2.55. The number of carbonyl (C=O) groups excluding carboxylic acids is 1. The van der Waals surface area contributed by atoms with Crippen LogP contribution in [0.2, 0.25) is 0 Å². The summed E-state index contributed by atoms with van der Waals surface area (Å²) < 4.78 is 4.98. The second-order valence-electron chi connectivity index (χ2n) is 3.95. The van der Waals surface area contributed by atoms with E-state index in [-0.39, 0.29) is 11.8 Å². The summed E-state index contributed by atoms with van der Waals surface area (Å²) in [5.41, 5.74) is 0. The lowest BCUT2D eigenvalue weighted by Gasteiger charge is -2.09. The molecule has 1 saturated carbocycles. The van der Waals surface area contributed by atoms with E-state index in [0.29, 0.717) is 17.4 Å². The molecule has 3 nitrogen and oxygen atoms in total. The van der Waals surface area contributed by atoms with Crippen molar-refractivity contribution in [3.63, 3.8) is 0 Å². The summed E-state index contributed by atoms with van der Waals surface area (Å²) >= 11 is 3.48. The highest BCUT2D eigenvalue weighted by Crippen LogP contribution is 2.37. The van der Waals surface area contributed by atoms with Crippen LogP contribution in [0.5, 0.6) is 0 Å². The van der Waals surface area contributed by atoms with Crippen LogP contribution >= 0.6 is 15.9 Å². The van der Waals surface area contributed by atoms with Crippen molar-refractivity contribution in [2.24, 2.45) is 11.8 Å². The molecule has 4 heteroatoms. The molecule has 14 heavy (non-hydrogen) atoms. The van der Waals surface area contributed by atoms with Crippen molar-refractivity contribution in [2.45, 2.75) is 24.6 Å². The van der Waals surface area contributed by atoms with Gasteiger partial charge in [0.1, 0.15) is 0 Å². The number of rotatable bonds is 6. The highest BCUT2D eigenvalue weighted by molar-refractivity contribution is 9.09. The van der Waals surface area contributed by atoms with Crippen molar-refractivity contribution in [3.8, 4) is 0 Å². The minimum Gasteiger partial charge on any atom is -0.384 e. The maximum absolute atomic E-state index is 11.4. The second kappa shape index (κ2) is 5.71. The first kappa shape index (κ1) is 12.0. The van der Waals surface area contributed by atoms with Gasteiger partial charge in [-0.3, -0.25) is 4.79 Å². The number of methoxy groups -OCH3 is 1. The zero-order valence-electron chi connectivity index (χ0n) is 8.75. The van der Waals surface area contributed by atoms with E-state index in [0.717, 1.165) is 19.4 Å². The van der Waals surface area contributed by atoms with Gasteiger partial charge in [-0.2, -0.15) is 0 Å². The number of hydrogen-bond acceptors (Lipinski definition) is 2. The number of carbonyl (C=O) groups is 1. The van der Waals surface area contributed by atoms with Crippen molar-refractivity contribution in [2.75, 3.05) is 20.3 Å². The topological polar surface area (TPSA) is 38.3 Å². The van der Waals surface area contributed by atoms with Crippen LogP contribution in [0, 0.1) is 11.8 Å². The largest absolute Gasteiger partial charge is 0.384 e. The van der Waals surface area contributed by atoms with Gasteiger partial charge >= 0.3 is 0 Å². The van der Waals surface area contributed by atoms with Crippen molar-refractivity contribution >= 4 is 21.8 Å². The lowest BCUT2D eigenvalue weighted by atomic mass is 10.3. The fourth-order valence-electron chi connectivity index (χ4n) is 1.43. The number of hydrogen-bond donors (Lipinski definition) is 1. The van der Waals surface area contributed by atoms with Crippen LogP contribution in [-0.4, -0.2) is 31.0 Å². The molecule has 1 aliphatic carbocycles. The van der Waals surface area contributed by atoms with Gasteiger partial charge in [-0.15, -0.1) is 0 Å². The molecule has 1 N–H and O–H groups in total. The fourth-order valence-corrected chi connectivity index (χ4v) is 1.93. The third kappa shape index (κ3) is 3.96. The highest BCUT2D eigenvalue weighted by Gasteiger charge is 2.38. The Morgan fingerprint density at radius 2 is 2.36 bits per heavy atom. The van der Waals surface area contributed by atoms with Gasteiger partial charge in [0.05, 0.1) is 6.61 Å². The predicted molar refractivity (Wildman–Crippen MR) is 59.5 cm³/mol. The molecule has 0 spiro atoms. The SMILES string of the molecule is COCC(Br)CCNC(=O)C1CC1C. The molecule has 0 bridgehead atoms. The maximum atomic E-state index is 11.4. The molecule has 82 valence electrons. The van der Waals surface area contributed by atoms with Gasteiger partial charge in [-0.05, 0) is 18.8 Å². The van der Waals surface area contributed by atoms with Gasteiger partial charge in [-0.25, -0.2) is 0 Å². The normalized spacial score (nSPS) is 27.1. The monoisotopic (exact) mass is 263 g/mol. The molecule has 3 unspecified atom stereocenters. The van der Waals surface area contributed by atoms with E-state index in [4.69, 9.17) is 4.74 Å². The first-order chi connectivity index (χ1) is 6.65. The molecule has 0 aromatic rings. The summed E-state index contributed by atoms with van der Waals surface area (Å²) in [4.78, 5) is 11.7. The first-order valence-corrected chi connectivity index (χ1v) is 5.97. The number of nitrogens with one attached hydrogen (secondary N) is 1. The zero-order chi connectivity index (χ0) is 10.6. The van der Waals surface area contributed by atoms with Crippen LogP contribution in [0.25, 0.3) is 0 Å². The van der Waals surface area contributed by atoms with E-state index in [1.165, 1.54) is 0 Å². The third-order valence-corrected chi connectivity index (χ3v) is 3.27. The zero-order valence-corrected chi connectivity index (χ0v) is 10.3. The van der Waals surface area contributed by atoms with Crippen LogP contribution in [-0.2, 0) is 9.53 Å². The molecule has 1 aliphatic rings. The number of amides is 1. The first-order valence-electron chi connectivity index (χ1n) is 5.06. The van der Waals surface area contributed by atoms with Crippen molar-refractivity contribution in [3.05, 3.63) is 0 Å². The molecule has 0 aromatic carbocycles. The Morgan fingerprint density at radius 3 is 2.86 bits per heavy atom. The smallest absolute Gasteiger partial charge is 0.223 e. The summed E-state index contributed by atoms with van der Waals surface area (Å²) in [6.45, 7) is 3.54. The van der Waals surface area contributed by atoms with Gasteiger partial charge in [-0.1, -0.05) is 22.9 Å². The van der Waals surface area contributed by atoms with Crippen LogP contribution in [0.4, 0.5) is 0 Å². The standard InChI is InChI=1S/C10H18BrNO2/c1-7-5-9(7)10(13)12-4-3-8(11)6-14-2/h7-9H,3-6H2,1-2H3,(H,12,13). The molecule has 0 radical (unpaired) electrons. The minimum atomic E-state index is 0.217. The van der Waals surface area contributed by atoms with Gasteiger partial charge in [0.25, 0.3) is 0 Å². The number of ether oxygens (including phenoxy) is 1. The van der Waals surface area contributed by atoms with E-state index in [9.17, 15) is 4.79 Å².